The van der Waals surface area contributed by atoms with Crippen LogP contribution in [-0.2, 0) is 15.8 Å². The molecule has 0 atom stereocenters. The molecular weight excluding hydrogens is 489 g/mol. The summed E-state index contributed by atoms with van der Waals surface area (Å²) in [7, 11) is 0. The summed E-state index contributed by atoms with van der Waals surface area (Å²) in [6.07, 6.45) is -3.95. The van der Waals surface area contributed by atoms with E-state index in [-0.39, 0.29) is 24.7 Å². The zero-order valence-corrected chi connectivity index (χ0v) is 18.6. The van der Waals surface area contributed by atoms with Crippen molar-refractivity contribution >= 4 is 44.8 Å². The second-order valence-corrected chi connectivity index (χ2v) is 8.47. The van der Waals surface area contributed by atoms with Crippen LogP contribution in [0, 0.1) is 0 Å². The summed E-state index contributed by atoms with van der Waals surface area (Å²) in [4.78, 5) is 28.8. The van der Waals surface area contributed by atoms with Gasteiger partial charge in [0.2, 0.25) is 5.91 Å². The smallest absolute Gasteiger partial charge is 0.368 e. The molecule has 0 saturated carbocycles. The number of rotatable bonds is 3. The lowest BCUT2D eigenvalue weighted by molar-refractivity contribution is -0.137. The SMILES string of the molecule is O=C(C1=NN(c2ccc(Br)cc2)C(=O)CC1)N1CCN(c2cccc(C(F)(F)F)c2)CC1. The molecule has 2 aromatic rings. The summed E-state index contributed by atoms with van der Waals surface area (Å²) in [5, 5.41) is 5.56. The molecule has 0 bridgehead atoms. The van der Waals surface area contributed by atoms with E-state index in [0.717, 1.165) is 16.6 Å². The molecule has 0 aromatic heterocycles. The van der Waals surface area contributed by atoms with Crippen molar-refractivity contribution < 1.29 is 22.8 Å². The van der Waals surface area contributed by atoms with Gasteiger partial charge in [0, 0.05) is 49.2 Å². The van der Waals surface area contributed by atoms with E-state index >= 15 is 0 Å². The van der Waals surface area contributed by atoms with Crippen molar-refractivity contribution in [2.75, 3.05) is 36.1 Å². The number of amides is 2. The van der Waals surface area contributed by atoms with Gasteiger partial charge in [0.1, 0.15) is 5.71 Å². The van der Waals surface area contributed by atoms with Crippen LogP contribution in [0.2, 0.25) is 0 Å². The fourth-order valence-electron chi connectivity index (χ4n) is 3.72. The summed E-state index contributed by atoms with van der Waals surface area (Å²) in [5.74, 6) is -0.429. The number of halogens is 4. The molecule has 2 aliphatic heterocycles. The molecule has 0 unspecified atom stereocenters. The highest BCUT2D eigenvalue weighted by Crippen LogP contribution is 2.32. The first-order chi connectivity index (χ1) is 15.2. The molecule has 10 heteroatoms. The van der Waals surface area contributed by atoms with Crippen LogP contribution in [0.5, 0.6) is 0 Å². The van der Waals surface area contributed by atoms with E-state index in [1.807, 2.05) is 4.90 Å². The van der Waals surface area contributed by atoms with E-state index in [1.54, 1.807) is 35.2 Å². The van der Waals surface area contributed by atoms with Gasteiger partial charge < -0.3 is 9.80 Å². The number of hydrogen-bond donors (Lipinski definition) is 0. The fraction of sp³-hybridized carbons (Fsp3) is 0.318. The van der Waals surface area contributed by atoms with Crippen molar-refractivity contribution in [3.63, 3.8) is 0 Å². The molecule has 2 heterocycles. The Balaban J connectivity index is 1.43. The number of hydrazone groups is 1. The lowest BCUT2D eigenvalue weighted by atomic mass is 10.1. The number of hydrogen-bond acceptors (Lipinski definition) is 4. The third-order valence-corrected chi connectivity index (χ3v) is 5.98. The number of benzene rings is 2. The molecule has 168 valence electrons. The van der Waals surface area contributed by atoms with E-state index in [4.69, 9.17) is 0 Å². The van der Waals surface area contributed by atoms with Crippen molar-refractivity contribution in [1.29, 1.82) is 0 Å². The number of anilines is 2. The average Bonchev–Trinajstić information content (AvgIpc) is 2.79. The maximum Gasteiger partial charge on any atom is 0.416 e. The number of alkyl halides is 3. The molecule has 32 heavy (non-hydrogen) atoms. The van der Waals surface area contributed by atoms with Crippen LogP contribution in [0.15, 0.2) is 58.1 Å². The van der Waals surface area contributed by atoms with E-state index in [9.17, 15) is 22.8 Å². The molecule has 2 aromatic carbocycles. The Labute approximate surface area is 191 Å². The van der Waals surface area contributed by atoms with Gasteiger partial charge in [-0.1, -0.05) is 22.0 Å². The van der Waals surface area contributed by atoms with E-state index < -0.39 is 11.7 Å². The normalized spacial score (nSPS) is 17.4. The maximum atomic E-state index is 13.0. The summed E-state index contributed by atoms with van der Waals surface area (Å²) < 4.78 is 39.9. The molecular formula is C22H20BrF3N4O2. The zero-order chi connectivity index (χ0) is 22.9. The zero-order valence-electron chi connectivity index (χ0n) is 17.0. The Morgan fingerprint density at radius 3 is 2.28 bits per heavy atom. The third-order valence-electron chi connectivity index (χ3n) is 5.46. The van der Waals surface area contributed by atoms with Gasteiger partial charge in [0.15, 0.2) is 0 Å². The topological polar surface area (TPSA) is 56.2 Å². The Kier molecular flexibility index (Phi) is 6.23. The highest BCUT2D eigenvalue weighted by Gasteiger charge is 2.32. The first-order valence-corrected chi connectivity index (χ1v) is 10.9. The van der Waals surface area contributed by atoms with Crippen molar-refractivity contribution in [3.05, 3.63) is 58.6 Å². The Morgan fingerprint density at radius 1 is 0.938 bits per heavy atom. The molecule has 2 aliphatic rings. The second-order valence-electron chi connectivity index (χ2n) is 7.56. The van der Waals surface area contributed by atoms with Crippen molar-refractivity contribution in [3.8, 4) is 0 Å². The molecule has 1 fully saturated rings. The highest BCUT2D eigenvalue weighted by molar-refractivity contribution is 9.10. The van der Waals surface area contributed by atoms with Crippen molar-refractivity contribution in [2.24, 2.45) is 5.10 Å². The minimum atomic E-state index is -4.40. The Hall–Kier alpha value is -2.88. The Bertz CT molecular complexity index is 1050. The summed E-state index contributed by atoms with van der Waals surface area (Å²) >= 11 is 3.35. The van der Waals surface area contributed by atoms with Crippen molar-refractivity contribution in [2.45, 2.75) is 19.0 Å². The molecule has 6 nitrogen and oxygen atoms in total. The second kappa shape index (κ2) is 8.93. The predicted octanol–water partition coefficient (Wildman–Crippen LogP) is 4.30. The van der Waals surface area contributed by atoms with Crippen LogP contribution in [0.1, 0.15) is 18.4 Å². The maximum absolute atomic E-state index is 13.0. The van der Waals surface area contributed by atoms with Crippen LogP contribution in [-0.4, -0.2) is 48.6 Å². The largest absolute Gasteiger partial charge is 0.416 e. The van der Waals surface area contributed by atoms with Crippen LogP contribution < -0.4 is 9.91 Å². The van der Waals surface area contributed by atoms with Gasteiger partial charge in [-0.2, -0.15) is 18.3 Å². The molecule has 1 saturated heterocycles. The summed E-state index contributed by atoms with van der Waals surface area (Å²) in [6, 6.07) is 12.3. The third kappa shape index (κ3) is 4.79. The van der Waals surface area contributed by atoms with Gasteiger partial charge >= 0.3 is 6.18 Å². The fourth-order valence-corrected chi connectivity index (χ4v) is 3.98. The summed E-state index contributed by atoms with van der Waals surface area (Å²) in [6.45, 7) is 1.55. The molecule has 4 rings (SSSR count). The van der Waals surface area contributed by atoms with Gasteiger partial charge in [-0.05, 0) is 42.5 Å². The van der Waals surface area contributed by atoms with Gasteiger partial charge in [0.25, 0.3) is 5.91 Å². The minimum Gasteiger partial charge on any atom is -0.368 e. The first kappa shape index (κ1) is 22.3. The minimum absolute atomic E-state index is 0.182. The van der Waals surface area contributed by atoms with Crippen molar-refractivity contribution in [1.82, 2.24) is 4.90 Å². The highest BCUT2D eigenvalue weighted by atomic mass is 79.9. The number of carbonyl (C=O) groups is 2. The monoisotopic (exact) mass is 508 g/mol. The quantitative estimate of drug-likeness (QED) is 0.621. The molecule has 2 amide bonds. The van der Waals surface area contributed by atoms with E-state index in [1.165, 1.54) is 11.1 Å². The molecule has 0 radical (unpaired) electrons. The van der Waals surface area contributed by atoms with Gasteiger partial charge in [-0.25, -0.2) is 5.01 Å². The molecule has 0 N–H and O–H groups in total. The summed E-state index contributed by atoms with van der Waals surface area (Å²) in [5.41, 5.74) is 0.675. The first-order valence-electron chi connectivity index (χ1n) is 10.1. The number of carbonyl (C=O) groups excluding carboxylic acids is 2. The number of piperazine rings is 1. The standard InChI is InChI=1S/C22H20BrF3N4O2/c23-16-4-6-17(7-5-16)30-20(31)9-8-19(27-30)21(32)29-12-10-28(11-13-29)18-3-1-2-15(14-18)22(24,25)26/h1-7,14H,8-13H2. The van der Waals surface area contributed by atoms with Gasteiger partial charge in [-0.15, -0.1) is 0 Å². The van der Waals surface area contributed by atoms with Crippen LogP contribution in [0.25, 0.3) is 0 Å². The lowest BCUT2D eigenvalue weighted by Gasteiger charge is -2.37. The van der Waals surface area contributed by atoms with Gasteiger partial charge in [0.05, 0.1) is 11.3 Å². The number of nitrogens with zero attached hydrogens (tertiary/aromatic N) is 4. The average molecular weight is 509 g/mol. The van der Waals surface area contributed by atoms with Crippen LogP contribution in [0.3, 0.4) is 0 Å². The predicted molar refractivity (Wildman–Crippen MR) is 119 cm³/mol. The molecule has 0 spiro atoms. The lowest BCUT2D eigenvalue weighted by Crippen LogP contribution is -2.51. The molecule has 0 aliphatic carbocycles. The van der Waals surface area contributed by atoms with Gasteiger partial charge in [-0.3, -0.25) is 9.59 Å². The van der Waals surface area contributed by atoms with E-state index in [2.05, 4.69) is 21.0 Å². The van der Waals surface area contributed by atoms with Crippen LogP contribution in [0.4, 0.5) is 24.5 Å². The Morgan fingerprint density at radius 2 is 1.62 bits per heavy atom. The van der Waals surface area contributed by atoms with Crippen LogP contribution >= 0.6 is 15.9 Å². The van der Waals surface area contributed by atoms with E-state index in [0.29, 0.717) is 43.3 Å².